The van der Waals surface area contributed by atoms with E-state index in [1.807, 2.05) is 4.90 Å². The van der Waals surface area contributed by atoms with Gasteiger partial charge >= 0.3 is 0 Å². The Balaban J connectivity index is 1.47. The number of hydrogen-bond donors (Lipinski definition) is 1. The highest BCUT2D eigenvalue weighted by Gasteiger charge is 2.47. The van der Waals surface area contributed by atoms with E-state index < -0.39 is 0 Å². The Morgan fingerprint density at radius 1 is 1.21 bits per heavy atom. The molecule has 3 aliphatic rings. The summed E-state index contributed by atoms with van der Waals surface area (Å²) < 4.78 is 0. The van der Waals surface area contributed by atoms with Gasteiger partial charge in [0.1, 0.15) is 6.04 Å². The molecule has 0 spiro atoms. The topological polar surface area (TPSA) is 52.7 Å². The SMILES string of the molecule is CN(CCNC(=O)C1CC2CCCCC2N1C(=O)c1cccc(Cl)c1)C1CC1. The first-order valence-corrected chi connectivity index (χ1v) is 11.0. The summed E-state index contributed by atoms with van der Waals surface area (Å²) in [7, 11) is 2.11. The first kappa shape index (κ1) is 19.7. The number of nitrogens with zero attached hydrogens (tertiary/aromatic N) is 2. The van der Waals surface area contributed by atoms with Gasteiger partial charge in [0.25, 0.3) is 5.91 Å². The summed E-state index contributed by atoms with van der Waals surface area (Å²) in [6.45, 7) is 1.50. The summed E-state index contributed by atoms with van der Waals surface area (Å²) in [5.41, 5.74) is 0.574. The number of carbonyl (C=O) groups is 2. The molecule has 2 amide bonds. The van der Waals surface area contributed by atoms with Crippen LogP contribution in [0.4, 0.5) is 0 Å². The van der Waals surface area contributed by atoms with Gasteiger partial charge in [-0.25, -0.2) is 0 Å². The van der Waals surface area contributed by atoms with Crippen molar-refractivity contribution >= 4 is 23.4 Å². The summed E-state index contributed by atoms with van der Waals surface area (Å²) in [5.74, 6) is 0.364. The summed E-state index contributed by atoms with van der Waals surface area (Å²) >= 11 is 6.11. The van der Waals surface area contributed by atoms with Crippen LogP contribution in [0.15, 0.2) is 24.3 Å². The van der Waals surface area contributed by atoms with Gasteiger partial charge in [-0.1, -0.05) is 30.5 Å². The van der Waals surface area contributed by atoms with Crippen LogP contribution in [0.5, 0.6) is 0 Å². The average Bonchev–Trinajstić information content (AvgIpc) is 3.47. The van der Waals surface area contributed by atoms with Crippen LogP contribution in [0.3, 0.4) is 0 Å². The van der Waals surface area contributed by atoms with Crippen molar-refractivity contribution < 1.29 is 9.59 Å². The van der Waals surface area contributed by atoms with Crippen molar-refractivity contribution in [3.8, 4) is 0 Å². The normalized spacial score (nSPS) is 27.0. The van der Waals surface area contributed by atoms with Crippen LogP contribution in [0.25, 0.3) is 0 Å². The van der Waals surface area contributed by atoms with Gasteiger partial charge in [-0.3, -0.25) is 9.59 Å². The highest BCUT2D eigenvalue weighted by molar-refractivity contribution is 6.31. The number of fused-ring (bicyclic) bond motifs is 1. The van der Waals surface area contributed by atoms with Crippen LogP contribution >= 0.6 is 11.6 Å². The highest BCUT2D eigenvalue weighted by atomic mass is 35.5. The largest absolute Gasteiger partial charge is 0.353 e. The molecule has 0 bridgehead atoms. The number of rotatable bonds is 6. The van der Waals surface area contributed by atoms with E-state index in [-0.39, 0.29) is 23.9 Å². The lowest BCUT2D eigenvalue weighted by Crippen LogP contribution is -2.50. The van der Waals surface area contributed by atoms with Gasteiger partial charge < -0.3 is 15.1 Å². The molecule has 1 aliphatic heterocycles. The van der Waals surface area contributed by atoms with Crippen LogP contribution in [-0.2, 0) is 4.79 Å². The van der Waals surface area contributed by atoms with Crippen molar-refractivity contribution in [1.82, 2.24) is 15.1 Å². The fourth-order valence-corrected chi connectivity index (χ4v) is 5.12. The molecule has 1 aromatic carbocycles. The van der Waals surface area contributed by atoms with E-state index in [1.54, 1.807) is 24.3 Å². The van der Waals surface area contributed by atoms with E-state index >= 15 is 0 Å². The zero-order chi connectivity index (χ0) is 19.7. The van der Waals surface area contributed by atoms with E-state index in [0.717, 1.165) is 32.2 Å². The maximum Gasteiger partial charge on any atom is 0.254 e. The Hall–Kier alpha value is -1.59. The van der Waals surface area contributed by atoms with Crippen LogP contribution in [0, 0.1) is 5.92 Å². The van der Waals surface area contributed by atoms with Crippen molar-refractivity contribution in [3.63, 3.8) is 0 Å². The lowest BCUT2D eigenvalue weighted by atomic mass is 9.84. The van der Waals surface area contributed by atoms with E-state index in [0.29, 0.717) is 29.1 Å². The number of benzene rings is 1. The number of carbonyl (C=O) groups excluding carboxylic acids is 2. The molecule has 3 atom stereocenters. The van der Waals surface area contributed by atoms with Crippen LogP contribution in [0.1, 0.15) is 55.3 Å². The van der Waals surface area contributed by atoms with Gasteiger partial charge in [0, 0.05) is 35.8 Å². The zero-order valence-corrected chi connectivity index (χ0v) is 17.3. The van der Waals surface area contributed by atoms with Crippen molar-refractivity contribution in [1.29, 1.82) is 0 Å². The molecule has 5 nitrogen and oxygen atoms in total. The Kier molecular flexibility index (Phi) is 5.93. The molecule has 0 aromatic heterocycles. The lowest BCUT2D eigenvalue weighted by Gasteiger charge is -2.33. The second-order valence-electron chi connectivity index (χ2n) is 8.59. The molecule has 1 heterocycles. The second kappa shape index (κ2) is 8.42. The van der Waals surface area contributed by atoms with E-state index in [9.17, 15) is 9.59 Å². The smallest absolute Gasteiger partial charge is 0.254 e. The summed E-state index contributed by atoms with van der Waals surface area (Å²) in [6, 6.07) is 7.56. The Morgan fingerprint density at radius 3 is 2.75 bits per heavy atom. The fourth-order valence-electron chi connectivity index (χ4n) is 4.93. The number of amides is 2. The van der Waals surface area contributed by atoms with Gasteiger partial charge in [0.2, 0.25) is 5.91 Å². The van der Waals surface area contributed by atoms with E-state index in [4.69, 9.17) is 11.6 Å². The van der Waals surface area contributed by atoms with Crippen molar-refractivity contribution in [3.05, 3.63) is 34.9 Å². The molecule has 2 saturated carbocycles. The van der Waals surface area contributed by atoms with Gasteiger partial charge in [-0.2, -0.15) is 0 Å². The van der Waals surface area contributed by atoms with Crippen LogP contribution in [0.2, 0.25) is 5.02 Å². The monoisotopic (exact) mass is 403 g/mol. The zero-order valence-electron chi connectivity index (χ0n) is 16.6. The third kappa shape index (κ3) is 4.20. The molecule has 3 fully saturated rings. The molecule has 28 heavy (non-hydrogen) atoms. The molecule has 0 radical (unpaired) electrons. The van der Waals surface area contributed by atoms with E-state index in [2.05, 4.69) is 17.3 Å². The minimum absolute atomic E-state index is 0.00558. The molecule has 6 heteroatoms. The molecule has 152 valence electrons. The molecule has 2 aliphatic carbocycles. The summed E-state index contributed by atoms with van der Waals surface area (Å²) in [5, 5.41) is 3.65. The summed E-state index contributed by atoms with van der Waals surface area (Å²) in [6.07, 6.45) is 7.73. The highest BCUT2D eigenvalue weighted by Crippen LogP contribution is 2.40. The second-order valence-corrected chi connectivity index (χ2v) is 9.03. The number of likely N-dealkylation sites (tertiary alicyclic amines) is 1. The molecule has 1 saturated heterocycles. The first-order chi connectivity index (χ1) is 13.5. The van der Waals surface area contributed by atoms with Crippen LogP contribution in [-0.4, -0.2) is 59.9 Å². The Labute approximate surface area is 172 Å². The quantitative estimate of drug-likeness (QED) is 0.792. The van der Waals surface area contributed by atoms with Gasteiger partial charge in [-0.05, 0) is 63.3 Å². The van der Waals surface area contributed by atoms with Gasteiger partial charge in [0.05, 0.1) is 0 Å². The van der Waals surface area contributed by atoms with Crippen LogP contribution < -0.4 is 5.32 Å². The third-order valence-electron chi connectivity index (χ3n) is 6.63. The Bertz CT molecular complexity index is 736. The maximum atomic E-state index is 13.3. The predicted molar refractivity (Wildman–Crippen MR) is 110 cm³/mol. The van der Waals surface area contributed by atoms with E-state index in [1.165, 1.54) is 19.3 Å². The third-order valence-corrected chi connectivity index (χ3v) is 6.87. The number of hydrogen-bond acceptors (Lipinski definition) is 3. The minimum Gasteiger partial charge on any atom is -0.353 e. The summed E-state index contributed by atoms with van der Waals surface area (Å²) in [4.78, 5) is 30.5. The van der Waals surface area contributed by atoms with Gasteiger partial charge in [0.15, 0.2) is 0 Å². The first-order valence-electron chi connectivity index (χ1n) is 10.6. The lowest BCUT2D eigenvalue weighted by molar-refractivity contribution is -0.125. The molecule has 1 N–H and O–H groups in total. The number of halogens is 1. The predicted octanol–water partition coefficient (Wildman–Crippen LogP) is 3.32. The molecular weight excluding hydrogens is 374 g/mol. The maximum absolute atomic E-state index is 13.3. The molecular formula is C22H30ClN3O2. The van der Waals surface area contributed by atoms with Crippen molar-refractivity contribution in [2.75, 3.05) is 20.1 Å². The molecule has 4 rings (SSSR count). The standard InChI is InChI=1S/C22H30ClN3O2/c1-25(18-9-10-18)12-11-24-21(27)20-14-15-5-2-3-8-19(15)26(20)22(28)16-6-4-7-17(23)13-16/h4,6-7,13,15,18-20H,2-3,5,8-12,14H2,1H3,(H,24,27). The fraction of sp³-hybridized carbons (Fsp3) is 0.636. The van der Waals surface area contributed by atoms with Crippen molar-refractivity contribution in [2.24, 2.45) is 5.92 Å². The average molecular weight is 404 g/mol. The van der Waals surface area contributed by atoms with Crippen molar-refractivity contribution in [2.45, 2.75) is 63.1 Å². The van der Waals surface area contributed by atoms with Gasteiger partial charge in [-0.15, -0.1) is 0 Å². The number of likely N-dealkylation sites (N-methyl/N-ethyl adjacent to an activating group) is 1. The molecule has 3 unspecified atom stereocenters. The minimum atomic E-state index is -0.370. The molecule has 1 aromatic rings. The Morgan fingerprint density at radius 2 is 2.00 bits per heavy atom. The number of nitrogens with one attached hydrogen (secondary N) is 1.